The van der Waals surface area contributed by atoms with Crippen molar-refractivity contribution in [3.05, 3.63) is 35.0 Å². The topological polar surface area (TPSA) is 111 Å². The lowest BCUT2D eigenvalue weighted by Gasteiger charge is -2.29. The molecular formula is C19H24N4O5. The molecule has 0 bridgehead atoms. The third-order valence-electron chi connectivity index (χ3n) is 4.89. The molecule has 1 aromatic rings. The number of hydrogen-bond donors (Lipinski definition) is 3. The zero-order chi connectivity index (χ0) is 20.3. The van der Waals surface area contributed by atoms with Crippen molar-refractivity contribution in [3.63, 3.8) is 0 Å². The van der Waals surface area contributed by atoms with Gasteiger partial charge in [0.25, 0.3) is 5.91 Å². The average Bonchev–Trinajstić information content (AvgIpc) is 3.00. The number of aliphatic hydroxyl groups is 1. The summed E-state index contributed by atoms with van der Waals surface area (Å²) in [5.41, 5.74) is 2.47. The van der Waals surface area contributed by atoms with E-state index in [9.17, 15) is 14.4 Å². The maximum Gasteiger partial charge on any atom is 0.337 e. The van der Waals surface area contributed by atoms with Crippen LogP contribution in [0.15, 0.2) is 29.5 Å². The van der Waals surface area contributed by atoms with Crippen LogP contribution in [0.5, 0.6) is 0 Å². The van der Waals surface area contributed by atoms with Gasteiger partial charge in [-0.25, -0.2) is 9.59 Å². The van der Waals surface area contributed by atoms with Crippen molar-refractivity contribution in [2.24, 2.45) is 0 Å². The Hall–Kier alpha value is -3.07. The van der Waals surface area contributed by atoms with Gasteiger partial charge in [-0.2, -0.15) is 0 Å². The number of ether oxygens (including phenoxy) is 1. The first-order valence-electron chi connectivity index (χ1n) is 9.11. The molecule has 9 heteroatoms. The molecular weight excluding hydrogens is 364 g/mol. The molecule has 1 aromatic carbocycles. The van der Waals surface area contributed by atoms with Crippen LogP contribution in [0, 0.1) is 6.92 Å². The van der Waals surface area contributed by atoms with Gasteiger partial charge >= 0.3 is 12.0 Å². The molecule has 0 saturated carbocycles. The average molecular weight is 388 g/mol. The number of anilines is 2. The van der Waals surface area contributed by atoms with Crippen LogP contribution in [-0.2, 0) is 14.3 Å². The second-order valence-corrected chi connectivity index (χ2v) is 6.61. The van der Waals surface area contributed by atoms with E-state index in [0.717, 1.165) is 17.7 Å². The molecule has 2 aliphatic rings. The summed E-state index contributed by atoms with van der Waals surface area (Å²) < 4.78 is 4.80. The first-order valence-corrected chi connectivity index (χ1v) is 9.11. The molecule has 0 spiro atoms. The summed E-state index contributed by atoms with van der Waals surface area (Å²) in [4.78, 5) is 40.1. The van der Waals surface area contributed by atoms with Crippen molar-refractivity contribution in [2.75, 3.05) is 50.1 Å². The molecule has 3 N–H and O–H groups in total. The summed E-state index contributed by atoms with van der Waals surface area (Å²) in [5, 5.41) is 15.0. The summed E-state index contributed by atoms with van der Waals surface area (Å²) >= 11 is 0. The van der Waals surface area contributed by atoms with E-state index >= 15 is 0 Å². The number of rotatable bonds is 6. The molecule has 2 heterocycles. The Bertz CT molecular complexity index is 836. The highest BCUT2D eigenvalue weighted by atomic mass is 16.5. The molecule has 150 valence electrons. The van der Waals surface area contributed by atoms with Crippen LogP contribution in [0.4, 0.5) is 16.2 Å². The van der Waals surface area contributed by atoms with Crippen LogP contribution in [0.1, 0.15) is 12.0 Å². The minimum absolute atomic E-state index is 0.0711. The van der Waals surface area contributed by atoms with Gasteiger partial charge in [0.05, 0.1) is 31.5 Å². The number of nitrogens with one attached hydrogen (secondary N) is 2. The lowest BCUT2D eigenvalue weighted by atomic mass is 10.1. The van der Waals surface area contributed by atoms with Gasteiger partial charge < -0.3 is 25.4 Å². The highest BCUT2D eigenvalue weighted by Crippen LogP contribution is 2.30. The molecule has 1 saturated heterocycles. The standard InChI is InChI=1S/C19H24N4O5/c1-12-14(5-3-6-15(12)23-8-4-7-20-19(23)27)21-16-13(18(26)28-2)11-22(9-10-24)17(16)25/h3,5-6,21,24H,4,7-11H2,1-2H3,(H,20,27). The monoisotopic (exact) mass is 388 g/mol. The summed E-state index contributed by atoms with van der Waals surface area (Å²) in [5.74, 6) is -0.976. The van der Waals surface area contributed by atoms with E-state index in [2.05, 4.69) is 10.6 Å². The van der Waals surface area contributed by atoms with E-state index in [4.69, 9.17) is 9.84 Å². The number of urea groups is 1. The van der Waals surface area contributed by atoms with Crippen LogP contribution in [0.25, 0.3) is 0 Å². The fourth-order valence-electron chi connectivity index (χ4n) is 3.39. The number of amides is 3. The minimum atomic E-state index is -0.597. The molecule has 0 unspecified atom stereocenters. The fraction of sp³-hybridized carbons (Fsp3) is 0.421. The highest BCUT2D eigenvalue weighted by molar-refractivity contribution is 6.08. The molecule has 1 fully saturated rings. The zero-order valence-corrected chi connectivity index (χ0v) is 15.9. The van der Waals surface area contributed by atoms with Gasteiger partial charge in [0.2, 0.25) is 0 Å². The maximum atomic E-state index is 12.7. The number of benzene rings is 1. The Morgan fingerprint density at radius 1 is 1.36 bits per heavy atom. The SMILES string of the molecule is COC(=O)C1=C(Nc2cccc(N3CCCNC3=O)c2C)C(=O)N(CCO)C1. The third kappa shape index (κ3) is 3.65. The predicted molar refractivity (Wildman–Crippen MR) is 103 cm³/mol. The van der Waals surface area contributed by atoms with E-state index in [1.165, 1.54) is 12.0 Å². The lowest BCUT2D eigenvalue weighted by Crippen LogP contribution is -2.46. The van der Waals surface area contributed by atoms with E-state index in [0.29, 0.717) is 18.8 Å². The van der Waals surface area contributed by atoms with Crippen LogP contribution in [-0.4, -0.2) is 67.8 Å². The van der Waals surface area contributed by atoms with Crippen LogP contribution < -0.4 is 15.5 Å². The van der Waals surface area contributed by atoms with E-state index < -0.39 is 5.97 Å². The molecule has 28 heavy (non-hydrogen) atoms. The fourth-order valence-corrected chi connectivity index (χ4v) is 3.39. The second kappa shape index (κ2) is 8.30. The van der Waals surface area contributed by atoms with Crippen LogP contribution in [0.2, 0.25) is 0 Å². The van der Waals surface area contributed by atoms with E-state index in [1.807, 2.05) is 13.0 Å². The molecule has 3 rings (SSSR count). The van der Waals surface area contributed by atoms with E-state index in [1.54, 1.807) is 17.0 Å². The van der Waals surface area contributed by atoms with Gasteiger partial charge in [0.1, 0.15) is 5.70 Å². The number of carbonyl (C=O) groups is 3. The molecule has 3 amide bonds. The lowest BCUT2D eigenvalue weighted by molar-refractivity contribution is -0.136. The van der Waals surface area contributed by atoms with Crippen LogP contribution >= 0.6 is 0 Å². The number of methoxy groups -OCH3 is 1. The molecule has 0 radical (unpaired) electrons. The Labute approximate surface area is 162 Å². The van der Waals surface area contributed by atoms with Crippen LogP contribution in [0.3, 0.4) is 0 Å². The van der Waals surface area contributed by atoms with Gasteiger partial charge in [-0.1, -0.05) is 6.07 Å². The number of esters is 1. The molecule has 2 aliphatic heterocycles. The zero-order valence-electron chi connectivity index (χ0n) is 15.9. The molecule has 0 aromatic heterocycles. The Morgan fingerprint density at radius 2 is 2.14 bits per heavy atom. The van der Waals surface area contributed by atoms with Crippen molar-refractivity contribution in [3.8, 4) is 0 Å². The highest BCUT2D eigenvalue weighted by Gasteiger charge is 2.35. The quantitative estimate of drug-likeness (QED) is 0.615. The number of aliphatic hydroxyl groups excluding tert-OH is 1. The first-order chi connectivity index (χ1) is 13.5. The third-order valence-corrected chi connectivity index (χ3v) is 4.89. The van der Waals surface area contributed by atoms with Crippen molar-refractivity contribution < 1.29 is 24.2 Å². The van der Waals surface area contributed by atoms with Gasteiger partial charge in [0.15, 0.2) is 0 Å². The summed E-state index contributed by atoms with van der Waals surface area (Å²) in [6.45, 7) is 3.10. The number of nitrogens with zero attached hydrogens (tertiary/aromatic N) is 2. The number of carbonyl (C=O) groups excluding carboxylic acids is 3. The number of β-amino-alcohol motifs (C(OH)–C–C–N with tert-alkyl or cyclic N) is 1. The predicted octanol–water partition coefficient (Wildman–Crippen LogP) is 0.588. The Kier molecular flexibility index (Phi) is 5.84. The smallest absolute Gasteiger partial charge is 0.337 e. The second-order valence-electron chi connectivity index (χ2n) is 6.61. The summed E-state index contributed by atoms with van der Waals surface area (Å²) in [6.07, 6.45) is 0.842. The minimum Gasteiger partial charge on any atom is -0.466 e. The van der Waals surface area contributed by atoms with Crippen molar-refractivity contribution >= 4 is 29.3 Å². The molecule has 0 aliphatic carbocycles. The largest absolute Gasteiger partial charge is 0.466 e. The van der Waals surface area contributed by atoms with Gasteiger partial charge in [-0.3, -0.25) is 9.69 Å². The summed E-state index contributed by atoms with van der Waals surface area (Å²) in [7, 11) is 1.26. The van der Waals surface area contributed by atoms with Gasteiger partial charge in [-0.15, -0.1) is 0 Å². The van der Waals surface area contributed by atoms with Gasteiger partial charge in [0, 0.05) is 25.3 Å². The number of hydrogen-bond acceptors (Lipinski definition) is 6. The van der Waals surface area contributed by atoms with E-state index in [-0.39, 0.29) is 42.9 Å². The Morgan fingerprint density at radius 3 is 2.82 bits per heavy atom. The molecule has 9 nitrogen and oxygen atoms in total. The van der Waals surface area contributed by atoms with Crippen molar-refractivity contribution in [1.29, 1.82) is 0 Å². The first kappa shape index (κ1) is 19.7. The van der Waals surface area contributed by atoms with Gasteiger partial charge in [-0.05, 0) is 31.0 Å². The maximum absolute atomic E-state index is 12.7. The van der Waals surface area contributed by atoms with Crippen molar-refractivity contribution in [2.45, 2.75) is 13.3 Å². The summed E-state index contributed by atoms with van der Waals surface area (Å²) in [6, 6.07) is 5.25. The molecule has 0 atom stereocenters. The van der Waals surface area contributed by atoms with Crippen molar-refractivity contribution in [1.82, 2.24) is 10.2 Å². The Balaban J connectivity index is 1.93. The normalized spacial score (nSPS) is 17.1.